The molecule has 1 fully saturated rings. The molecule has 0 unspecified atom stereocenters. The molecule has 2 aromatic carbocycles. The molecule has 3 heterocycles. The van der Waals surface area contributed by atoms with Gasteiger partial charge in [-0.25, -0.2) is 4.79 Å². The number of aliphatic imine (C=N–C) groups is 1. The molecular weight excluding hydrogens is 517 g/mol. The average molecular weight is 535 g/mol. The van der Waals surface area contributed by atoms with Gasteiger partial charge in [0.1, 0.15) is 6.04 Å². The van der Waals surface area contributed by atoms with Gasteiger partial charge in [-0.1, -0.05) is 23.7 Å². The normalized spacial score (nSPS) is 19.5. The minimum atomic E-state index is -4.55. The van der Waals surface area contributed by atoms with Crippen molar-refractivity contribution in [3.63, 3.8) is 0 Å². The molecule has 5 rings (SSSR count). The first-order chi connectivity index (χ1) is 17.1. The van der Waals surface area contributed by atoms with Crippen LogP contribution in [0.2, 0.25) is 5.02 Å². The standard InChI is InChI=1S/C24H18ClF3N4O3S/c25-16-5-4-14(17(10-16)24(26,27)28)12-32-18-6-3-13(8-15(18)11-29-32)9-20-21(33)30-23(36-20)31-7-1-2-19(31)22(34)35/h3-6,8-11,19H,1-2,7,12H2,(H,34,35)/t19-/m0/s1. The van der Waals surface area contributed by atoms with E-state index >= 15 is 0 Å². The van der Waals surface area contributed by atoms with Gasteiger partial charge in [-0.3, -0.25) is 9.48 Å². The van der Waals surface area contributed by atoms with Gasteiger partial charge in [0.15, 0.2) is 5.17 Å². The summed E-state index contributed by atoms with van der Waals surface area (Å²) in [5.41, 5.74) is 0.551. The number of hydrogen-bond acceptors (Lipinski definition) is 5. The highest BCUT2D eigenvalue weighted by molar-refractivity contribution is 8.18. The number of benzene rings is 2. The summed E-state index contributed by atoms with van der Waals surface area (Å²) >= 11 is 6.91. The summed E-state index contributed by atoms with van der Waals surface area (Å²) in [5, 5.41) is 14.7. The van der Waals surface area contributed by atoms with Gasteiger partial charge in [0.25, 0.3) is 5.91 Å². The van der Waals surface area contributed by atoms with Crippen LogP contribution in [0.25, 0.3) is 17.0 Å². The molecule has 12 heteroatoms. The van der Waals surface area contributed by atoms with E-state index in [1.807, 2.05) is 0 Å². The minimum absolute atomic E-state index is 0.00348. The van der Waals surface area contributed by atoms with Crippen molar-refractivity contribution in [2.75, 3.05) is 6.54 Å². The van der Waals surface area contributed by atoms with E-state index in [1.54, 1.807) is 35.4 Å². The lowest BCUT2D eigenvalue weighted by Gasteiger charge is -2.21. The van der Waals surface area contributed by atoms with Crippen LogP contribution in [0.1, 0.15) is 29.5 Å². The zero-order chi connectivity index (χ0) is 25.6. The van der Waals surface area contributed by atoms with E-state index in [0.29, 0.717) is 45.9 Å². The fraction of sp³-hybridized carbons (Fsp3) is 0.250. The number of aromatic nitrogens is 2. The molecule has 0 saturated carbocycles. The number of aliphatic carboxylic acids is 1. The molecule has 3 aromatic rings. The Labute approximate surface area is 212 Å². The maximum atomic E-state index is 13.5. The van der Waals surface area contributed by atoms with Crippen LogP contribution in [0.3, 0.4) is 0 Å². The monoisotopic (exact) mass is 534 g/mol. The second-order valence-corrected chi connectivity index (χ2v) is 9.87. The van der Waals surface area contributed by atoms with Gasteiger partial charge in [0, 0.05) is 17.0 Å². The van der Waals surface area contributed by atoms with Gasteiger partial charge in [-0.05, 0) is 66.1 Å². The van der Waals surface area contributed by atoms with E-state index in [9.17, 15) is 27.9 Å². The lowest BCUT2D eigenvalue weighted by molar-refractivity contribution is -0.141. The minimum Gasteiger partial charge on any atom is -0.480 e. The largest absolute Gasteiger partial charge is 0.480 e. The molecule has 7 nitrogen and oxygen atoms in total. The summed E-state index contributed by atoms with van der Waals surface area (Å²) in [5.74, 6) is -1.38. The molecular formula is C24H18ClF3N4O3S. The zero-order valence-corrected chi connectivity index (χ0v) is 20.1. The molecule has 0 spiro atoms. The van der Waals surface area contributed by atoms with E-state index in [-0.39, 0.29) is 17.1 Å². The Kier molecular flexibility index (Phi) is 6.29. The molecule has 2 aliphatic rings. The number of carbonyl (C=O) groups excluding carboxylic acids is 1. The highest BCUT2D eigenvalue weighted by atomic mass is 35.5. The predicted octanol–water partition coefficient (Wildman–Crippen LogP) is 5.28. The van der Waals surface area contributed by atoms with Crippen molar-refractivity contribution in [2.24, 2.45) is 4.99 Å². The zero-order valence-electron chi connectivity index (χ0n) is 18.5. The number of nitrogens with zero attached hydrogens (tertiary/aromatic N) is 4. The Hall–Kier alpha value is -3.31. The van der Waals surface area contributed by atoms with Crippen molar-refractivity contribution in [3.8, 4) is 0 Å². The first-order valence-electron chi connectivity index (χ1n) is 10.9. The molecule has 1 N–H and O–H groups in total. The first-order valence-corrected chi connectivity index (χ1v) is 12.1. The van der Waals surface area contributed by atoms with Gasteiger partial charge in [-0.2, -0.15) is 23.3 Å². The number of fused-ring (bicyclic) bond motifs is 1. The number of hydrogen-bond donors (Lipinski definition) is 1. The molecule has 2 aliphatic heterocycles. The molecule has 186 valence electrons. The van der Waals surface area contributed by atoms with Crippen LogP contribution in [0.15, 0.2) is 52.5 Å². The number of carbonyl (C=O) groups is 2. The highest BCUT2D eigenvalue weighted by Crippen LogP contribution is 2.36. The van der Waals surface area contributed by atoms with Gasteiger partial charge in [-0.15, -0.1) is 0 Å². The lowest BCUT2D eigenvalue weighted by atomic mass is 10.1. The topological polar surface area (TPSA) is 87.8 Å². The SMILES string of the molecule is O=C1N=C(N2CCC[C@H]2C(=O)O)SC1=Cc1ccc2c(cnn2Cc2ccc(Cl)cc2C(F)(F)F)c1. The maximum Gasteiger partial charge on any atom is 0.416 e. The number of alkyl halides is 3. The van der Waals surface area contributed by atoms with Crippen LogP contribution < -0.4 is 0 Å². The fourth-order valence-electron chi connectivity index (χ4n) is 4.36. The molecule has 0 bridgehead atoms. The Bertz CT molecular complexity index is 1450. The number of amidine groups is 1. The molecule has 0 radical (unpaired) electrons. The second-order valence-electron chi connectivity index (χ2n) is 8.42. The van der Waals surface area contributed by atoms with Gasteiger partial charge in [0.2, 0.25) is 0 Å². The molecule has 1 amide bonds. The van der Waals surface area contributed by atoms with Gasteiger partial charge < -0.3 is 10.0 Å². The molecule has 36 heavy (non-hydrogen) atoms. The highest BCUT2D eigenvalue weighted by Gasteiger charge is 2.37. The second kappa shape index (κ2) is 9.29. The molecule has 1 saturated heterocycles. The summed E-state index contributed by atoms with van der Waals surface area (Å²) in [6.07, 6.45) is -0.121. The molecule has 0 aliphatic carbocycles. The smallest absolute Gasteiger partial charge is 0.416 e. The average Bonchev–Trinajstić information content (AvgIpc) is 3.53. The third kappa shape index (κ3) is 4.72. The Morgan fingerprint density at radius 3 is 2.81 bits per heavy atom. The first kappa shape index (κ1) is 24.4. The number of likely N-dealkylation sites (tertiary alicyclic amines) is 1. The van der Waals surface area contributed by atoms with Crippen LogP contribution in [0.4, 0.5) is 13.2 Å². The van der Waals surface area contributed by atoms with E-state index < -0.39 is 29.7 Å². The summed E-state index contributed by atoms with van der Waals surface area (Å²) in [6.45, 7) is 0.431. The summed E-state index contributed by atoms with van der Waals surface area (Å²) < 4.78 is 41.9. The van der Waals surface area contributed by atoms with Gasteiger partial charge >= 0.3 is 12.1 Å². The van der Waals surface area contributed by atoms with Crippen molar-refractivity contribution in [2.45, 2.75) is 31.6 Å². The molecule has 1 atom stereocenters. The van der Waals surface area contributed by atoms with Crippen molar-refractivity contribution in [3.05, 3.63) is 69.2 Å². The molecule has 1 aromatic heterocycles. The van der Waals surface area contributed by atoms with Crippen molar-refractivity contribution in [1.82, 2.24) is 14.7 Å². The lowest BCUT2D eigenvalue weighted by Crippen LogP contribution is -2.38. The number of thioether (sulfide) groups is 1. The maximum absolute atomic E-state index is 13.5. The predicted molar refractivity (Wildman–Crippen MR) is 131 cm³/mol. The number of amides is 1. The van der Waals surface area contributed by atoms with Crippen LogP contribution in [0, 0.1) is 0 Å². The fourth-order valence-corrected chi connectivity index (χ4v) is 5.52. The number of rotatable bonds is 4. The number of carboxylic acid groups (broad SMARTS) is 1. The third-order valence-corrected chi connectivity index (χ3v) is 7.31. The van der Waals surface area contributed by atoms with Crippen molar-refractivity contribution >= 4 is 57.4 Å². The quantitative estimate of drug-likeness (QED) is 0.458. The Morgan fingerprint density at radius 1 is 1.25 bits per heavy atom. The summed E-state index contributed by atoms with van der Waals surface area (Å²) in [7, 11) is 0. The number of halogens is 4. The van der Waals surface area contributed by atoms with Crippen molar-refractivity contribution in [1.29, 1.82) is 0 Å². The van der Waals surface area contributed by atoms with Crippen LogP contribution >= 0.6 is 23.4 Å². The van der Waals surface area contributed by atoms with Crippen LogP contribution in [-0.4, -0.2) is 49.4 Å². The number of carboxylic acids is 1. The van der Waals surface area contributed by atoms with Gasteiger partial charge in [0.05, 0.1) is 28.7 Å². The van der Waals surface area contributed by atoms with E-state index in [1.165, 1.54) is 16.8 Å². The van der Waals surface area contributed by atoms with Crippen LogP contribution in [0.5, 0.6) is 0 Å². The van der Waals surface area contributed by atoms with Crippen LogP contribution in [-0.2, 0) is 22.3 Å². The Morgan fingerprint density at radius 2 is 2.06 bits per heavy atom. The van der Waals surface area contributed by atoms with E-state index in [2.05, 4.69) is 10.1 Å². The van der Waals surface area contributed by atoms with E-state index in [0.717, 1.165) is 17.8 Å². The third-order valence-electron chi connectivity index (χ3n) is 6.05. The van der Waals surface area contributed by atoms with E-state index in [4.69, 9.17) is 11.6 Å². The van der Waals surface area contributed by atoms with Crippen molar-refractivity contribution < 1.29 is 27.9 Å². The Balaban J connectivity index is 1.37. The summed E-state index contributed by atoms with van der Waals surface area (Å²) in [4.78, 5) is 30.0. The summed E-state index contributed by atoms with van der Waals surface area (Å²) in [6, 6.07) is 8.21.